The largest absolute Gasteiger partial charge is 0.508 e. The quantitative estimate of drug-likeness (QED) is 0.431. The highest BCUT2D eigenvalue weighted by Gasteiger charge is 2.35. The first-order valence-corrected chi connectivity index (χ1v) is 10.3. The summed E-state index contributed by atoms with van der Waals surface area (Å²) in [7, 11) is 2.11. The summed E-state index contributed by atoms with van der Waals surface area (Å²) in [5.41, 5.74) is 8.33. The lowest BCUT2D eigenvalue weighted by Gasteiger charge is -2.21. The van der Waals surface area contributed by atoms with E-state index in [0.29, 0.717) is 0 Å². The molecule has 6 rings (SSSR count). The summed E-state index contributed by atoms with van der Waals surface area (Å²) >= 11 is 0. The van der Waals surface area contributed by atoms with Gasteiger partial charge in [-0.1, -0.05) is 55.7 Å². The zero-order valence-corrected chi connectivity index (χ0v) is 17.3. The second-order valence-electron chi connectivity index (χ2n) is 8.82. The van der Waals surface area contributed by atoms with E-state index in [0.717, 1.165) is 22.2 Å². The lowest BCUT2D eigenvalue weighted by molar-refractivity contribution is 0.476. The molecular weight excluding hydrogens is 367 g/mol. The van der Waals surface area contributed by atoms with E-state index < -0.39 is 0 Å². The fourth-order valence-electron chi connectivity index (χ4n) is 5.07. The Balaban J connectivity index is 1.70. The summed E-state index contributed by atoms with van der Waals surface area (Å²) in [4.78, 5) is 4.91. The number of rotatable bonds is 1. The van der Waals surface area contributed by atoms with Crippen molar-refractivity contribution < 1.29 is 5.11 Å². The molecule has 30 heavy (non-hydrogen) atoms. The van der Waals surface area contributed by atoms with Gasteiger partial charge in [0.25, 0.3) is 0 Å². The minimum Gasteiger partial charge on any atom is -0.508 e. The minimum absolute atomic E-state index is 0.0618. The molecule has 2 aromatic heterocycles. The topological polar surface area (TPSA) is 38.0 Å². The van der Waals surface area contributed by atoms with E-state index in [1.165, 1.54) is 33.1 Å². The molecule has 0 bridgehead atoms. The van der Waals surface area contributed by atoms with Crippen LogP contribution >= 0.6 is 0 Å². The first kappa shape index (κ1) is 17.3. The van der Waals surface area contributed by atoms with Crippen molar-refractivity contribution in [1.82, 2.24) is 9.55 Å². The van der Waals surface area contributed by atoms with Crippen LogP contribution in [0.15, 0.2) is 72.9 Å². The van der Waals surface area contributed by atoms with E-state index in [4.69, 9.17) is 4.98 Å². The number of hydrogen-bond acceptors (Lipinski definition) is 2. The average Bonchev–Trinajstić information content (AvgIpc) is 3.17. The van der Waals surface area contributed by atoms with Crippen LogP contribution in [-0.4, -0.2) is 22.5 Å². The normalized spacial score (nSPS) is 14.2. The van der Waals surface area contributed by atoms with Crippen LogP contribution in [0.4, 0.5) is 0 Å². The predicted octanol–water partition coefficient (Wildman–Crippen LogP) is 4.45. The molecule has 5 aromatic rings. The highest BCUT2D eigenvalue weighted by atomic mass is 16.3. The van der Waals surface area contributed by atoms with Crippen LogP contribution in [0.5, 0.6) is 5.75 Å². The van der Waals surface area contributed by atoms with Crippen molar-refractivity contribution in [3.8, 4) is 22.7 Å². The van der Waals surface area contributed by atoms with Gasteiger partial charge in [-0.15, -0.1) is 0 Å². The minimum atomic E-state index is -0.0618. The van der Waals surface area contributed by atoms with Crippen molar-refractivity contribution in [3.63, 3.8) is 0 Å². The first-order chi connectivity index (χ1) is 14.4. The Morgan fingerprint density at radius 3 is 2.53 bits per heavy atom. The molecule has 144 valence electrons. The van der Waals surface area contributed by atoms with Crippen molar-refractivity contribution in [1.29, 1.82) is 0 Å². The Morgan fingerprint density at radius 2 is 1.67 bits per heavy atom. The van der Waals surface area contributed by atoms with Crippen LogP contribution < -0.4 is 5.46 Å². The molecule has 3 aromatic carbocycles. The van der Waals surface area contributed by atoms with Gasteiger partial charge < -0.3 is 5.11 Å². The Hall–Kier alpha value is -3.53. The second-order valence-corrected chi connectivity index (χ2v) is 8.82. The highest BCUT2D eigenvalue weighted by Crippen LogP contribution is 2.48. The van der Waals surface area contributed by atoms with E-state index in [1.54, 1.807) is 6.07 Å². The molecule has 1 N–H and O–H groups in total. The third-order valence-corrected chi connectivity index (χ3v) is 6.59. The van der Waals surface area contributed by atoms with Crippen molar-refractivity contribution in [2.45, 2.75) is 19.3 Å². The Labute approximate surface area is 176 Å². The van der Waals surface area contributed by atoms with Crippen LogP contribution in [0.1, 0.15) is 25.0 Å². The van der Waals surface area contributed by atoms with Gasteiger partial charge in [-0.25, -0.2) is 4.98 Å². The third-order valence-electron chi connectivity index (χ3n) is 6.59. The maximum absolute atomic E-state index is 10.2. The Bertz CT molecular complexity index is 1500. The number of phenols is 1. The van der Waals surface area contributed by atoms with Gasteiger partial charge in [0.15, 0.2) is 0 Å². The fraction of sp³-hybridized carbons (Fsp3) is 0.115. The number of pyridine rings is 1. The molecule has 0 spiro atoms. The number of aromatic hydroxyl groups is 1. The van der Waals surface area contributed by atoms with Crippen LogP contribution in [0.25, 0.3) is 38.8 Å². The Morgan fingerprint density at radius 1 is 0.833 bits per heavy atom. The number of phenolic OH excluding ortho intramolecular Hbond substituents is 1. The molecular formula is C26H21BN2O. The highest BCUT2D eigenvalue weighted by molar-refractivity contribution is 6.34. The van der Waals surface area contributed by atoms with Gasteiger partial charge in [-0.05, 0) is 46.5 Å². The fourth-order valence-corrected chi connectivity index (χ4v) is 5.07. The average molecular weight is 388 g/mol. The lowest BCUT2D eigenvalue weighted by atomic mass is 9.83. The molecule has 1 aliphatic rings. The summed E-state index contributed by atoms with van der Waals surface area (Å²) in [5, 5.41) is 12.5. The maximum atomic E-state index is 10.2. The SMILES string of the molecule is Bc1ccc2c(c1)c1ccc(O)cc1n2-c1cc2c(cn1)C(C)(C)c1ccccc1-2. The zero-order valence-electron chi connectivity index (χ0n) is 17.3. The lowest BCUT2D eigenvalue weighted by Crippen LogP contribution is -2.15. The standard InChI is InChI=1S/C26H21BN2O/c1-26(2)21-6-4-3-5-17(21)19-13-25(28-14-22(19)26)29-23-10-7-15(27)11-20(23)18-9-8-16(30)12-24(18)29/h3-14,30H,27H2,1-2H3. The van der Waals surface area contributed by atoms with Gasteiger partial charge in [0.05, 0.1) is 11.0 Å². The monoisotopic (exact) mass is 388 g/mol. The van der Waals surface area contributed by atoms with Gasteiger partial charge in [-0.3, -0.25) is 4.57 Å². The van der Waals surface area contributed by atoms with Crippen molar-refractivity contribution in [3.05, 3.63) is 84.1 Å². The predicted molar refractivity (Wildman–Crippen MR) is 126 cm³/mol. The van der Waals surface area contributed by atoms with E-state index in [-0.39, 0.29) is 11.2 Å². The van der Waals surface area contributed by atoms with E-state index in [2.05, 4.69) is 74.8 Å². The number of fused-ring (bicyclic) bond motifs is 6. The van der Waals surface area contributed by atoms with Crippen LogP contribution in [0, 0.1) is 0 Å². The van der Waals surface area contributed by atoms with E-state index in [9.17, 15) is 5.11 Å². The second kappa shape index (κ2) is 5.76. The van der Waals surface area contributed by atoms with Crippen molar-refractivity contribution in [2.24, 2.45) is 0 Å². The molecule has 0 fully saturated rings. The maximum Gasteiger partial charge on any atom is 0.139 e. The molecule has 0 radical (unpaired) electrons. The summed E-state index contributed by atoms with van der Waals surface area (Å²) in [5.74, 6) is 1.13. The number of aromatic nitrogens is 2. The van der Waals surface area contributed by atoms with Gasteiger partial charge in [0.2, 0.25) is 0 Å². The van der Waals surface area contributed by atoms with Crippen molar-refractivity contribution in [2.75, 3.05) is 0 Å². The molecule has 2 heterocycles. The van der Waals surface area contributed by atoms with Gasteiger partial charge in [-0.2, -0.15) is 0 Å². The molecule has 0 aliphatic heterocycles. The molecule has 0 atom stereocenters. The smallest absolute Gasteiger partial charge is 0.139 e. The van der Waals surface area contributed by atoms with E-state index >= 15 is 0 Å². The van der Waals surface area contributed by atoms with Crippen molar-refractivity contribution >= 4 is 35.1 Å². The molecule has 4 heteroatoms. The van der Waals surface area contributed by atoms with Crippen LogP contribution in [0.3, 0.4) is 0 Å². The molecule has 0 amide bonds. The van der Waals surface area contributed by atoms with Crippen LogP contribution in [-0.2, 0) is 5.41 Å². The Kier molecular flexibility index (Phi) is 3.33. The van der Waals surface area contributed by atoms with Gasteiger partial charge in [0.1, 0.15) is 19.4 Å². The summed E-state index contributed by atoms with van der Waals surface area (Å²) in [6, 6.07) is 22.9. The number of benzene rings is 3. The summed E-state index contributed by atoms with van der Waals surface area (Å²) in [6.07, 6.45) is 2.03. The molecule has 0 saturated carbocycles. The third kappa shape index (κ3) is 2.19. The molecule has 0 unspecified atom stereocenters. The summed E-state index contributed by atoms with van der Waals surface area (Å²) in [6.45, 7) is 4.53. The number of hydrogen-bond donors (Lipinski definition) is 1. The van der Waals surface area contributed by atoms with Crippen LogP contribution in [0.2, 0.25) is 0 Å². The van der Waals surface area contributed by atoms with E-state index in [1.807, 2.05) is 18.3 Å². The summed E-state index contributed by atoms with van der Waals surface area (Å²) < 4.78 is 2.16. The number of nitrogens with zero attached hydrogens (tertiary/aromatic N) is 2. The first-order valence-electron chi connectivity index (χ1n) is 10.3. The van der Waals surface area contributed by atoms with Gasteiger partial charge >= 0.3 is 0 Å². The molecule has 1 aliphatic carbocycles. The van der Waals surface area contributed by atoms with Gasteiger partial charge in [0, 0.05) is 28.5 Å². The molecule has 3 nitrogen and oxygen atoms in total. The zero-order chi connectivity index (χ0) is 20.6. The molecule has 0 saturated heterocycles.